The summed E-state index contributed by atoms with van der Waals surface area (Å²) in [6, 6.07) is 3.86. The molecule has 122 valence electrons. The molecular formula is C16H20N4O3. The van der Waals surface area contributed by atoms with Crippen LogP contribution in [-0.4, -0.2) is 40.9 Å². The van der Waals surface area contributed by atoms with E-state index in [0.717, 1.165) is 18.6 Å². The Hall–Kier alpha value is -2.41. The predicted molar refractivity (Wildman–Crippen MR) is 84.6 cm³/mol. The van der Waals surface area contributed by atoms with Gasteiger partial charge in [0, 0.05) is 25.2 Å². The molecule has 3 heterocycles. The average molecular weight is 316 g/mol. The molecule has 0 saturated carbocycles. The molecule has 1 N–H and O–H groups in total. The van der Waals surface area contributed by atoms with Gasteiger partial charge in [-0.15, -0.1) is 0 Å². The minimum atomic E-state index is 0.0967. The van der Waals surface area contributed by atoms with Gasteiger partial charge in [0.25, 0.3) is 0 Å². The number of anilines is 1. The first kappa shape index (κ1) is 15.5. The Kier molecular flexibility index (Phi) is 5.21. The van der Waals surface area contributed by atoms with E-state index >= 15 is 0 Å². The maximum atomic E-state index is 5.81. The molecule has 2 aromatic rings. The molecule has 1 aliphatic heterocycles. The van der Waals surface area contributed by atoms with E-state index in [4.69, 9.17) is 14.2 Å². The van der Waals surface area contributed by atoms with Crippen molar-refractivity contribution < 1.29 is 14.2 Å². The van der Waals surface area contributed by atoms with Crippen LogP contribution >= 0.6 is 0 Å². The van der Waals surface area contributed by atoms with Crippen molar-refractivity contribution in [3.63, 3.8) is 0 Å². The number of ether oxygens (including phenoxy) is 3. The number of nitrogens with one attached hydrogen (secondary N) is 1. The van der Waals surface area contributed by atoms with Crippen LogP contribution in [0, 0.1) is 0 Å². The number of hydrogen-bond donors (Lipinski definition) is 1. The SMILES string of the molecule is CCOc1cncc(NCc2ccnc(OC3CCOC3)c2)n1. The highest BCUT2D eigenvalue weighted by Crippen LogP contribution is 2.16. The minimum Gasteiger partial charge on any atom is -0.477 e. The molecular weight excluding hydrogens is 296 g/mol. The van der Waals surface area contributed by atoms with E-state index in [2.05, 4.69) is 20.3 Å². The van der Waals surface area contributed by atoms with Gasteiger partial charge in [0.15, 0.2) is 0 Å². The summed E-state index contributed by atoms with van der Waals surface area (Å²) in [6.45, 7) is 4.46. The Bertz CT molecular complexity index is 632. The predicted octanol–water partition coefficient (Wildman–Crippen LogP) is 2.05. The summed E-state index contributed by atoms with van der Waals surface area (Å²) in [7, 11) is 0. The van der Waals surface area contributed by atoms with Crippen molar-refractivity contribution in [2.75, 3.05) is 25.1 Å². The third kappa shape index (κ3) is 4.53. The molecule has 3 rings (SSSR count). The van der Waals surface area contributed by atoms with Gasteiger partial charge in [-0.1, -0.05) is 0 Å². The van der Waals surface area contributed by atoms with Crippen LogP contribution in [-0.2, 0) is 11.3 Å². The molecule has 1 saturated heterocycles. The van der Waals surface area contributed by atoms with Gasteiger partial charge in [-0.3, -0.25) is 4.98 Å². The summed E-state index contributed by atoms with van der Waals surface area (Å²) in [5.74, 6) is 1.80. The van der Waals surface area contributed by atoms with Gasteiger partial charge in [0.05, 0.1) is 32.2 Å². The Morgan fingerprint density at radius 3 is 3.13 bits per heavy atom. The van der Waals surface area contributed by atoms with Crippen LogP contribution in [0.2, 0.25) is 0 Å². The molecule has 7 heteroatoms. The van der Waals surface area contributed by atoms with Crippen LogP contribution in [0.15, 0.2) is 30.7 Å². The molecule has 1 fully saturated rings. The van der Waals surface area contributed by atoms with Gasteiger partial charge in [-0.25, -0.2) is 4.98 Å². The van der Waals surface area contributed by atoms with Gasteiger partial charge < -0.3 is 19.5 Å². The van der Waals surface area contributed by atoms with Crippen molar-refractivity contribution in [3.05, 3.63) is 36.3 Å². The summed E-state index contributed by atoms with van der Waals surface area (Å²) >= 11 is 0. The third-order valence-electron chi connectivity index (χ3n) is 3.35. The normalized spacial score (nSPS) is 17.0. The summed E-state index contributed by atoms with van der Waals surface area (Å²) < 4.78 is 16.4. The van der Waals surface area contributed by atoms with E-state index in [1.54, 1.807) is 18.6 Å². The summed E-state index contributed by atoms with van der Waals surface area (Å²) in [4.78, 5) is 12.7. The van der Waals surface area contributed by atoms with E-state index in [9.17, 15) is 0 Å². The van der Waals surface area contributed by atoms with E-state index < -0.39 is 0 Å². The summed E-state index contributed by atoms with van der Waals surface area (Å²) in [5.41, 5.74) is 1.05. The molecule has 0 bridgehead atoms. The van der Waals surface area contributed by atoms with Crippen LogP contribution in [0.3, 0.4) is 0 Å². The molecule has 1 aliphatic rings. The van der Waals surface area contributed by atoms with Gasteiger partial charge >= 0.3 is 0 Å². The lowest BCUT2D eigenvalue weighted by Gasteiger charge is -2.12. The van der Waals surface area contributed by atoms with Gasteiger partial charge in [0.1, 0.15) is 11.9 Å². The largest absolute Gasteiger partial charge is 0.477 e. The van der Waals surface area contributed by atoms with Crippen molar-refractivity contribution in [1.29, 1.82) is 0 Å². The van der Waals surface area contributed by atoms with Crippen molar-refractivity contribution >= 4 is 5.82 Å². The monoisotopic (exact) mass is 316 g/mol. The number of pyridine rings is 1. The first-order valence-corrected chi connectivity index (χ1v) is 7.71. The lowest BCUT2D eigenvalue weighted by molar-refractivity contribution is 0.138. The average Bonchev–Trinajstić information content (AvgIpc) is 3.07. The van der Waals surface area contributed by atoms with Crippen LogP contribution < -0.4 is 14.8 Å². The Balaban J connectivity index is 1.58. The van der Waals surface area contributed by atoms with E-state index in [1.165, 1.54) is 0 Å². The fourth-order valence-electron chi connectivity index (χ4n) is 2.24. The smallest absolute Gasteiger partial charge is 0.234 e. The number of rotatable bonds is 7. The third-order valence-corrected chi connectivity index (χ3v) is 3.35. The highest BCUT2D eigenvalue weighted by atomic mass is 16.5. The van der Waals surface area contributed by atoms with Crippen molar-refractivity contribution in [2.45, 2.75) is 26.0 Å². The fourth-order valence-corrected chi connectivity index (χ4v) is 2.24. The lowest BCUT2D eigenvalue weighted by atomic mass is 10.2. The second-order valence-corrected chi connectivity index (χ2v) is 5.13. The Morgan fingerprint density at radius 1 is 1.35 bits per heavy atom. The van der Waals surface area contributed by atoms with Gasteiger partial charge in [0.2, 0.25) is 11.8 Å². The van der Waals surface area contributed by atoms with Crippen LogP contribution in [0.25, 0.3) is 0 Å². The van der Waals surface area contributed by atoms with Crippen molar-refractivity contribution in [1.82, 2.24) is 15.0 Å². The van der Waals surface area contributed by atoms with Crippen LogP contribution in [0.5, 0.6) is 11.8 Å². The number of nitrogens with zero attached hydrogens (tertiary/aromatic N) is 3. The highest BCUT2D eigenvalue weighted by Gasteiger charge is 2.17. The fraction of sp³-hybridized carbons (Fsp3) is 0.438. The van der Waals surface area contributed by atoms with Gasteiger partial charge in [-0.2, -0.15) is 4.98 Å². The highest BCUT2D eigenvalue weighted by molar-refractivity contribution is 5.35. The van der Waals surface area contributed by atoms with Crippen molar-refractivity contribution in [2.24, 2.45) is 0 Å². The van der Waals surface area contributed by atoms with E-state index in [-0.39, 0.29) is 6.10 Å². The Morgan fingerprint density at radius 2 is 2.30 bits per heavy atom. The zero-order valence-electron chi connectivity index (χ0n) is 13.1. The topological polar surface area (TPSA) is 78.4 Å². The second-order valence-electron chi connectivity index (χ2n) is 5.13. The first-order chi connectivity index (χ1) is 11.3. The second kappa shape index (κ2) is 7.73. The lowest BCUT2D eigenvalue weighted by Crippen LogP contribution is -2.16. The molecule has 0 amide bonds. The minimum absolute atomic E-state index is 0.0967. The summed E-state index contributed by atoms with van der Waals surface area (Å²) in [5, 5.41) is 3.22. The molecule has 0 aromatic carbocycles. The number of aromatic nitrogens is 3. The molecule has 23 heavy (non-hydrogen) atoms. The molecule has 1 unspecified atom stereocenters. The molecule has 1 atom stereocenters. The Labute approximate surface area is 135 Å². The van der Waals surface area contributed by atoms with Crippen molar-refractivity contribution in [3.8, 4) is 11.8 Å². The standard InChI is InChI=1S/C16H20N4O3/c1-2-22-16-10-17-9-14(20-16)19-8-12-3-5-18-15(7-12)23-13-4-6-21-11-13/h3,5,7,9-10,13H,2,4,6,8,11H2,1H3,(H,19,20). The quantitative estimate of drug-likeness (QED) is 0.837. The van der Waals surface area contributed by atoms with Gasteiger partial charge in [-0.05, 0) is 18.6 Å². The molecule has 0 radical (unpaired) electrons. The summed E-state index contributed by atoms with van der Waals surface area (Å²) in [6.07, 6.45) is 6.00. The molecule has 2 aromatic heterocycles. The molecule has 7 nitrogen and oxygen atoms in total. The maximum Gasteiger partial charge on any atom is 0.234 e. The molecule has 0 aliphatic carbocycles. The van der Waals surface area contributed by atoms with Crippen LogP contribution in [0.4, 0.5) is 5.82 Å². The first-order valence-electron chi connectivity index (χ1n) is 7.71. The van der Waals surface area contributed by atoms with E-state index in [0.29, 0.717) is 37.3 Å². The molecule has 0 spiro atoms. The number of hydrogen-bond acceptors (Lipinski definition) is 7. The van der Waals surface area contributed by atoms with E-state index in [1.807, 2.05) is 19.1 Å². The maximum absolute atomic E-state index is 5.81. The van der Waals surface area contributed by atoms with Crippen LogP contribution in [0.1, 0.15) is 18.9 Å². The zero-order chi connectivity index (χ0) is 15.9. The zero-order valence-corrected chi connectivity index (χ0v) is 13.1.